The van der Waals surface area contributed by atoms with E-state index in [1.54, 1.807) is 12.1 Å². The minimum atomic E-state index is -3.33. The topological polar surface area (TPSA) is 60.2 Å². The third-order valence-corrected chi connectivity index (χ3v) is 5.58. The van der Waals surface area contributed by atoms with Crippen molar-refractivity contribution in [3.05, 3.63) is 64.7 Å². The van der Waals surface area contributed by atoms with Gasteiger partial charge in [-0.1, -0.05) is 30.3 Å². The summed E-state index contributed by atoms with van der Waals surface area (Å²) in [7, 11) is -3.33. The first-order valence-electron chi connectivity index (χ1n) is 7.28. The van der Waals surface area contributed by atoms with E-state index in [1.807, 2.05) is 58.0 Å². The quantitative estimate of drug-likeness (QED) is 0.939. The van der Waals surface area contributed by atoms with Crippen LogP contribution in [0.2, 0.25) is 0 Å². The summed E-state index contributed by atoms with van der Waals surface area (Å²) in [6.07, 6.45) is 0. The molecule has 22 heavy (non-hydrogen) atoms. The lowest BCUT2D eigenvalue weighted by molar-refractivity contribution is 0.554. The maximum atomic E-state index is 12.5. The van der Waals surface area contributed by atoms with E-state index in [4.69, 9.17) is 5.73 Å². The van der Waals surface area contributed by atoms with Crippen LogP contribution in [0.25, 0.3) is 0 Å². The van der Waals surface area contributed by atoms with Crippen molar-refractivity contribution >= 4 is 9.84 Å². The smallest absolute Gasteiger partial charge is 0.182 e. The van der Waals surface area contributed by atoms with Crippen molar-refractivity contribution in [3.63, 3.8) is 0 Å². The fraction of sp³-hybridized carbons (Fsp3) is 0.333. The van der Waals surface area contributed by atoms with Gasteiger partial charge in [-0.05, 0) is 62.1 Å². The van der Waals surface area contributed by atoms with E-state index in [2.05, 4.69) is 0 Å². The van der Waals surface area contributed by atoms with Crippen molar-refractivity contribution in [1.29, 1.82) is 0 Å². The van der Waals surface area contributed by atoms with Crippen LogP contribution < -0.4 is 5.73 Å². The summed E-state index contributed by atoms with van der Waals surface area (Å²) in [6, 6.07) is 12.7. The zero-order valence-corrected chi connectivity index (χ0v) is 14.4. The number of nitrogens with two attached hydrogens (primary N) is 1. The third-order valence-electron chi connectivity index (χ3n) is 3.89. The largest absolute Gasteiger partial charge is 0.322 e. The lowest BCUT2D eigenvalue weighted by Crippen LogP contribution is -2.28. The van der Waals surface area contributed by atoms with E-state index in [0.29, 0.717) is 4.90 Å². The lowest BCUT2D eigenvalue weighted by atomic mass is 9.95. The van der Waals surface area contributed by atoms with Gasteiger partial charge in [-0.15, -0.1) is 0 Å². The molecule has 0 aliphatic heterocycles. The summed E-state index contributed by atoms with van der Waals surface area (Å²) >= 11 is 0. The van der Waals surface area contributed by atoms with E-state index in [9.17, 15) is 8.42 Å². The molecule has 4 heteroatoms. The van der Waals surface area contributed by atoms with Gasteiger partial charge in [0, 0.05) is 5.54 Å². The molecule has 0 heterocycles. The highest BCUT2D eigenvalue weighted by Gasteiger charge is 2.17. The Labute approximate surface area is 133 Å². The molecule has 0 aliphatic carbocycles. The molecule has 0 saturated heterocycles. The summed E-state index contributed by atoms with van der Waals surface area (Å²) in [4.78, 5) is 0.374. The molecule has 2 aromatic carbocycles. The number of hydrogen-bond donors (Lipinski definition) is 1. The summed E-state index contributed by atoms with van der Waals surface area (Å²) in [5.74, 6) is 0.000775. The van der Waals surface area contributed by atoms with Crippen molar-refractivity contribution in [2.24, 2.45) is 5.73 Å². The van der Waals surface area contributed by atoms with E-state index in [0.717, 1.165) is 22.3 Å². The van der Waals surface area contributed by atoms with Gasteiger partial charge in [0.2, 0.25) is 0 Å². The fourth-order valence-corrected chi connectivity index (χ4v) is 3.67. The van der Waals surface area contributed by atoms with Gasteiger partial charge in [-0.3, -0.25) is 0 Å². The van der Waals surface area contributed by atoms with Gasteiger partial charge in [-0.2, -0.15) is 0 Å². The molecule has 0 atom stereocenters. The molecule has 0 aliphatic rings. The van der Waals surface area contributed by atoms with Crippen LogP contribution in [-0.4, -0.2) is 8.42 Å². The van der Waals surface area contributed by atoms with Crippen LogP contribution in [0.1, 0.15) is 36.1 Å². The van der Waals surface area contributed by atoms with Gasteiger partial charge < -0.3 is 5.73 Å². The molecule has 2 N–H and O–H groups in total. The average Bonchev–Trinajstić information content (AvgIpc) is 2.41. The maximum Gasteiger partial charge on any atom is 0.182 e. The highest BCUT2D eigenvalue weighted by molar-refractivity contribution is 7.90. The highest BCUT2D eigenvalue weighted by Crippen LogP contribution is 2.22. The molecule has 118 valence electrons. The normalized spacial score (nSPS) is 12.4. The summed E-state index contributed by atoms with van der Waals surface area (Å²) in [5.41, 5.74) is 9.45. The minimum absolute atomic E-state index is 0.000775. The Bertz CT molecular complexity index is 770. The van der Waals surface area contributed by atoms with E-state index in [-0.39, 0.29) is 5.75 Å². The monoisotopic (exact) mass is 317 g/mol. The van der Waals surface area contributed by atoms with Crippen LogP contribution in [0.5, 0.6) is 0 Å². The van der Waals surface area contributed by atoms with Crippen LogP contribution in [0.3, 0.4) is 0 Å². The predicted molar refractivity (Wildman–Crippen MR) is 90.5 cm³/mol. The average molecular weight is 317 g/mol. The Morgan fingerprint density at radius 2 is 1.55 bits per heavy atom. The van der Waals surface area contributed by atoms with Gasteiger partial charge in [0.15, 0.2) is 9.84 Å². The molecule has 0 unspecified atom stereocenters. The second-order valence-corrected chi connectivity index (χ2v) is 8.41. The fourth-order valence-electron chi connectivity index (χ4n) is 2.24. The van der Waals surface area contributed by atoms with Gasteiger partial charge in [0.05, 0.1) is 10.6 Å². The second-order valence-electron chi connectivity index (χ2n) is 6.42. The Morgan fingerprint density at radius 1 is 0.955 bits per heavy atom. The summed E-state index contributed by atoms with van der Waals surface area (Å²) in [5, 5.41) is 0. The Kier molecular flexibility index (Phi) is 4.45. The number of rotatable bonds is 4. The van der Waals surface area contributed by atoms with E-state index in [1.165, 1.54) is 0 Å². The van der Waals surface area contributed by atoms with Crippen LogP contribution in [-0.2, 0) is 21.1 Å². The van der Waals surface area contributed by atoms with Gasteiger partial charge in [-0.25, -0.2) is 8.42 Å². The molecular weight excluding hydrogens is 294 g/mol. The first-order valence-corrected chi connectivity index (χ1v) is 8.93. The number of aryl methyl sites for hydroxylation is 2. The summed E-state index contributed by atoms with van der Waals surface area (Å²) in [6.45, 7) is 7.74. The highest BCUT2D eigenvalue weighted by atomic mass is 32.2. The van der Waals surface area contributed by atoms with Crippen LogP contribution in [0.4, 0.5) is 0 Å². The number of benzene rings is 2. The van der Waals surface area contributed by atoms with Crippen LogP contribution >= 0.6 is 0 Å². The SMILES string of the molecule is Cc1ccc(S(=O)(=O)Cc2ccc(C(C)(C)N)cc2)cc1C. The lowest BCUT2D eigenvalue weighted by Gasteiger charge is -2.19. The molecule has 0 aromatic heterocycles. The minimum Gasteiger partial charge on any atom is -0.322 e. The molecule has 3 nitrogen and oxygen atoms in total. The third kappa shape index (κ3) is 3.76. The van der Waals surface area contributed by atoms with Crippen LogP contribution in [0, 0.1) is 13.8 Å². The number of sulfone groups is 1. The Morgan fingerprint density at radius 3 is 2.05 bits per heavy atom. The molecule has 2 aromatic rings. The van der Waals surface area contributed by atoms with Crippen LogP contribution in [0.15, 0.2) is 47.4 Å². The standard InChI is InChI=1S/C18H23NO2S/c1-13-5-10-17(11-14(13)2)22(20,21)12-15-6-8-16(9-7-15)18(3,4)19/h5-11H,12,19H2,1-4H3. The molecule has 0 amide bonds. The molecule has 0 spiro atoms. The van der Waals surface area contributed by atoms with Crippen molar-refractivity contribution in [3.8, 4) is 0 Å². The molecule has 0 saturated carbocycles. The number of hydrogen-bond acceptors (Lipinski definition) is 3. The van der Waals surface area contributed by atoms with E-state index >= 15 is 0 Å². The molecule has 0 radical (unpaired) electrons. The Hall–Kier alpha value is -1.65. The molecular formula is C18H23NO2S. The molecule has 0 bridgehead atoms. The van der Waals surface area contributed by atoms with Crippen molar-refractivity contribution in [2.75, 3.05) is 0 Å². The maximum absolute atomic E-state index is 12.5. The molecule has 0 fully saturated rings. The summed E-state index contributed by atoms with van der Waals surface area (Å²) < 4.78 is 25.0. The predicted octanol–water partition coefficient (Wildman–Crippen LogP) is 3.47. The van der Waals surface area contributed by atoms with Crippen molar-refractivity contribution < 1.29 is 8.42 Å². The van der Waals surface area contributed by atoms with Gasteiger partial charge in [0.25, 0.3) is 0 Å². The first-order chi connectivity index (χ1) is 10.1. The molecule has 2 rings (SSSR count). The Balaban J connectivity index is 2.27. The first kappa shape index (κ1) is 16.7. The van der Waals surface area contributed by atoms with Gasteiger partial charge in [0.1, 0.15) is 0 Å². The zero-order valence-electron chi connectivity index (χ0n) is 13.6. The van der Waals surface area contributed by atoms with Crippen molar-refractivity contribution in [2.45, 2.75) is 43.9 Å². The zero-order chi connectivity index (χ0) is 16.5. The van der Waals surface area contributed by atoms with E-state index < -0.39 is 15.4 Å². The second kappa shape index (κ2) is 5.86. The van der Waals surface area contributed by atoms with Gasteiger partial charge >= 0.3 is 0 Å². The van der Waals surface area contributed by atoms with Crippen molar-refractivity contribution in [1.82, 2.24) is 0 Å².